The number of ether oxygens (including phenoxy) is 2. The van der Waals surface area contributed by atoms with Crippen LogP contribution in [0.3, 0.4) is 0 Å². The summed E-state index contributed by atoms with van der Waals surface area (Å²) in [4.78, 5) is 0. The normalized spacial score (nSPS) is 12.2. The molecule has 36 heavy (non-hydrogen) atoms. The molecule has 6 nitrogen and oxygen atoms in total. The molecule has 0 radical (unpaired) electrons. The fourth-order valence-electron chi connectivity index (χ4n) is 4.46. The van der Waals surface area contributed by atoms with E-state index < -0.39 is 16.2 Å². The average Bonchev–Trinajstić information content (AvgIpc) is 2.84. The summed E-state index contributed by atoms with van der Waals surface area (Å²) in [6, 6.07) is 1.09. The lowest BCUT2D eigenvalue weighted by molar-refractivity contribution is -0.890. The van der Waals surface area contributed by atoms with Gasteiger partial charge in [-0.3, -0.25) is 0 Å². The van der Waals surface area contributed by atoms with Gasteiger partial charge in [-0.25, -0.2) is 0 Å². The molecular formula is C28H62ClNO5Si. The van der Waals surface area contributed by atoms with Gasteiger partial charge in [0.1, 0.15) is 0 Å². The maximum absolute atomic E-state index is 8.87. The third kappa shape index (κ3) is 28.8. The first-order valence-corrected chi connectivity index (χ1v) is 16.5. The molecule has 0 aliphatic heterocycles. The first kappa shape index (κ1) is 38.4. The summed E-state index contributed by atoms with van der Waals surface area (Å²) in [5, 5.41) is 17.7. The van der Waals surface area contributed by atoms with E-state index in [0.717, 1.165) is 16.9 Å². The number of hydrogen-bond donors (Lipinski definition) is 2. The van der Waals surface area contributed by atoms with Crippen molar-refractivity contribution in [3.05, 3.63) is 0 Å². The monoisotopic (exact) mass is 555 g/mol. The minimum Gasteiger partial charge on any atom is -1.00 e. The maximum atomic E-state index is 8.87. The molecule has 0 aromatic rings. The van der Waals surface area contributed by atoms with E-state index in [0.29, 0.717) is 0 Å². The van der Waals surface area contributed by atoms with E-state index in [1.165, 1.54) is 116 Å². The Balaban J connectivity index is 0. The molecule has 0 heterocycles. The fraction of sp³-hybridized carbons (Fsp3) is 1.00. The zero-order chi connectivity index (χ0) is 25.9. The van der Waals surface area contributed by atoms with Gasteiger partial charge in [0.2, 0.25) is 0 Å². The van der Waals surface area contributed by atoms with Crippen molar-refractivity contribution in [1.29, 1.82) is 0 Å². The number of aliphatic hydroxyl groups excluding tert-OH is 2. The van der Waals surface area contributed by atoms with Crippen LogP contribution in [0.4, 0.5) is 0 Å². The van der Waals surface area contributed by atoms with Crippen molar-refractivity contribution < 1.29 is 41.0 Å². The molecule has 0 aromatic carbocycles. The maximum Gasteiger partial charge on any atom is 0.261 e. The van der Waals surface area contributed by atoms with Gasteiger partial charge in [0, 0.05) is 0 Å². The Labute approximate surface area is 232 Å². The van der Waals surface area contributed by atoms with Crippen LogP contribution in [-0.2, 0) is 13.9 Å². The Morgan fingerprint density at radius 1 is 0.611 bits per heavy atom. The van der Waals surface area contributed by atoms with Gasteiger partial charge in [0.25, 0.3) is 6.48 Å². The molecule has 0 bridgehead atoms. The van der Waals surface area contributed by atoms with Crippen molar-refractivity contribution in [3.8, 4) is 0 Å². The Morgan fingerprint density at radius 2 is 1.00 bits per heavy atom. The van der Waals surface area contributed by atoms with Crippen molar-refractivity contribution in [1.82, 2.24) is 0 Å². The van der Waals surface area contributed by atoms with Crippen LogP contribution in [0.2, 0.25) is 6.04 Å². The van der Waals surface area contributed by atoms with Crippen molar-refractivity contribution in [2.24, 2.45) is 0 Å². The van der Waals surface area contributed by atoms with E-state index >= 15 is 0 Å². The summed E-state index contributed by atoms with van der Waals surface area (Å²) >= 11 is 0. The molecule has 0 fully saturated rings. The third-order valence-electron chi connectivity index (χ3n) is 6.72. The molecule has 220 valence electrons. The van der Waals surface area contributed by atoms with E-state index in [4.69, 9.17) is 24.1 Å². The number of halogens is 1. The summed E-state index contributed by atoms with van der Waals surface area (Å²) < 4.78 is 17.4. The lowest BCUT2D eigenvalue weighted by Gasteiger charge is -2.30. The number of aliphatic hydroxyl groups is 2. The van der Waals surface area contributed by atoms with E-state index in [1.807, 2.05) is 0 Å². The van der Waals surface area contributed by atoms with Gasteiger partial charge >= 0.3 is 0 Å². The van der Waals surface area contributed by atoms with Crippen LogP contribution in [-0.4, -0.2) is 84.5 Å². The highest BCUT2D eigenvalue weighted by atomic mass is 35.5. The molecule has 0 rings (SSSR count). The molecule has 0 saturated carbocycles. The van der Waals surface area contributed by atoms with Crippen LogP contribution in [0.15, 0.2) is 0 Å². The number of quaternary nitrogens is 1. The quantitative estimate of drug-likeness (QED) is 0.0642. The molecule has 0 saturated heterocycles. The molecule has 0 aliphatic carbocycles. The van der Waals surface area contributed by atoms with Crippen molar-refractivity contribution in [2.45, 2.75) is 129 Å². The highest BCUT2D eigenvalue weighted by Gasteiger charge is 2.15. The van der Waals surface area contributed by atoms with Gasteiger partial charge in [-0.15, -0.1) is 0 Å². The Morgan fingerprint density at radius 3 is 1.42 bits per heavy atom. The molecule has 0 aliphatic rings. The second-order valence-corrected chi connectivity index (χ2v) is 12.2. The van der Waals surface area contributed by atoms with E-state index in [1.54, 1.807) is 0 Å². The topological polar surface area (TPSA) is 68.2 Å². The van der Waals surface area contributed by atoms with Gasteiger partial charge in [-0.2, -0.15) is 0 Å². The first-order valence-electron chi connectivity index (χ1n) is 14.9. The van der Waals surface area contributed by atoms with E-state index in [-0.39, 0.29) is 38.8 Å². The van der Waals surface area contributed by atoms with Gasteiger partial charge in [0.05, 0.1) is 53.6 Å². The van der Waals surface area contributed by atoms with Crippen molar-refractivity contribution >= 4 is 9.76 Å². The van der Waals surface area contributed by atoms with Crippen molar-refractivity contribution in [2.75, 3.05) is 53.6 Å². The minimum atomic E-state index is -0.742. The average molecular weight is 556 g/mol. The molecule has 0 aromatic heterocycles. The van der Waals surface area contributed by atoms with Crippen LogP contribution in [0.1, 0.15) is 116 Å². The van der Waals surface area contributed by atoms with Crippen LogP contribution in [0.25, 0.3) is 0 Å². The molecule has 2 N–H and O–H groups in total. The number of rotatable bonds is 29. The van der Waals surface area contributed by atoms with Crippen molar-refractivity contribution in [3.63, 3.8) is 0 Å². The molecule has 0 atom stereocenters. The number of unbranched alkanes of at least 4 members (excludes halogenated alkanes) is 15. The van der Waals surface area contributed by atoms with Crippen LogP contribution >= 0.6 is 0 Å². The molecule has 0 unspecified atom stereocenters. The van der Waals surface area contributed by atoms with Crippen LogP contribution in [0, 0.1) is 0 Å². The van der Waals surface area contributed by atoms with Crippen LogP contribution in [0.5, 0.6) is 0 Å². The second-order valence-electron chi connectivity index (χ2n) is 10.7. The second kappa shape index (κ2) is 29.8. The predicted molar refractivity (Wildman–Crippen MR) is 150 cm³/mol. The number of nitrogens with zero attached hydrogens (tertiary/aromatic N) is 1. The summed E-state index contributed by atoms with van der Waals surface area (Å²) in [7, 11) is 3.94. The largest absolute Gasteiger partial charge is 1.00 e. The molecular weight excluding hydrogens is 494 g/mol. The summed E-state index contributed by atoms with van der Waals surface area (Å²) in [5.74, 6) is 0. The Bertz CT molecular complexity index is 413. The Kier molecular flexibility index (Phi) is 31.8. The SMILES string of the molecule is CCCCCCCCCCCCCCCCCC[N+](C)(C)CCC[SiH2]OC(OCCO)OCCO.[Cl-]. The predicted octanol–water partition coefficient (Wildman–Crippen LogP) is 2.54. The zero-order valence-electron chi connectivity index (χ0n) is 24.2. The molecule has 0 spiro atoms. The highest BCUT2D eigenvalue weighted by Crippen LogP contribution is 2.14. The van der Waals surface area contributed by atoms with Gasteiger partial charge in [-0.1, -0.05) is 96.8 Å². The summed E-state index contributed by atoms with van der Waals surface area (Å²) in [5.41, 5.74) is 0. The fourth-order valence-corrected chi connectivity index (χ4v) is 5.44. The Hall–Kier alpha value is 0.267. The summed E-state index contributed by atoms with van der Waals surface area (Å²) in [6.45, 7) is 4.23. The van der Waals surface area contributed by atoms with E-state index in [9.17, 15) is 0 Å². The van der Waals surface area contributed by atoms with E-state index in [2.05, 4.69) is 21.0 Å². The smallest absolute Gasteiger partial charge is 0.261 e. The standard InChI is InChI=1S/C28H62NO5Si.ClH/c1-4-5-6-7-8-9-10-11-12-13-14-15-16-17-18-19-21-29(2,3)22-20-27-35-34-28(32-25-23-30)33-26-24-31;/h28,30-31H,4-27,35H2,1-3H3;1H/q+1;/p-1. The van der Waals surface area contributed by atoms with Crippen LogP contribution < -0.4 is 12.4 Å². The highest BCUT2D eigenvalue weighted by molar-refractivity contribution is 6.27. The van der Waals surface area contributed by atoms with Gasteiger partial charge in [-0.05, 0) is 25.3 Å². The number of hydrogen-bond acceptors (Lipinski definition) is 5. The van der Waals surface area contributed by atoms with Gasteiger partial charge < -0.3 is 41.0 Å². The van der Waals surface area contributed by atoms with Gasteiger partial charge in [0.15, 0.2) is 9.76 Å². The molecule has 0 amide bonds. The molecule has 8 heteroatoms. The lowest BCUT2D eigenvalue weighted by atomic mass is 10.0. The lowest BCUT2D eigenvalue weighted by Crippen LogP contribution is -3.00. The first-order chi connectivity index (χ1) is 17.1. The zero-order valence-corrected chi connectivity index (χ0v) is 26.4. The third-order valence-corrected chi connectivity index (χ3v) is 8.02. The minimum absolute atomic E-state index is 0. The summed E-state index contributed by atoms with van der Waals surface area (Å²) in [6.07, 6.45) is 23.9.